The van der Waals surface area contributed by atoms with Crippen LogP contribution in [0.3, 0.4) is 0 Å². The van der Waals surface area contributed by atoms with Crippen LogP contribution in [0.4, 0.5) is 5.69 Å². The maximum absolute atomic E-state index is 12.7. The molecule has 0 aliphatic heterocycles. The van der Waals surface area contributed by atoms with Crippen LogP contribution >= 0.6 is 0 Å². The van der Waals surface area contributed by atoms with Gasteiger partial charge < -0.3 is 5.32 Å². The first-order valence-corrected chi connectivity index (χ1v) is 8.39. The van der Waals surface area contributed by atoms with Crippen LogP contribution in [-0.2, 0) is 0 Å². The van der Waals surface area contributed by atoms with Crippen LogP contribution in [0.1, 0.15) is 21.6 Å². The van der Waals surface area contributed by atoms with Crippen LogP contribution in [0.25, 0.3) is 22.2 Å². The maximum atomic E-state index is 12.7. The molecule has 128 valence electrons. The van der Waals surface area contributed by atoms with Gasteiger partial charge in [-0.1, -0.05) is 24.3 Å². The fraction of sp³-hybridized carbons (Fsp3) is 0.0952. The van der Waals surface area contributed by atoms with Gasteiger partial charge >= 0.3 is 0 Å². The molecule has 0 fully saturated rings. The normalized spacial score (nSPS) is 10.8. The minimum Gasteiger partial charge on any atom is -0.321 e. The molecular weight excluding hydrogens is 324 g/mol. The van der Waals surface area contributed by atoms with Gasteiger partial charge in [-0.25, -0.2) is 4.98 Å². The molecule has 0 radical (unpaired) electrons. The number of carbonyl (C=O) groups is 1. The molecule has 4 aromatic rings. The van der Waals surface area contributed by atoms with E-state index in [4.69, 9.17) is 0 Å². The van der Waals surface area contributed by atoms with E-state index in [1.165, 1.54) is 0 Å². The van der Waals surface area contributed by atoms with Gasteiger partial charge in [0.05, 0.1) is 17.4 Å². The standard InChI is InChI=1S/C21H18N4O/c1-13-4-3-5-17(10-13)23-21(26)20-14(2)6-8-18(24-20)15-7-9-19-16(11-15)12-22-25-19/h3-12H,1-2H3,(H,22,25)(H,23,26). The Morgan fingerprint density at radius 1 is 1.04 bits per heavy atom. The van der Waals surface area contributed by atoms with Crippen molar-refractivity contribution in [2.45, 2.75) is 13.8 Å². The Morgan fingerprint density at radius 3 is 2.77 bits per heavy atom. The molecule has 0 unspecified atom stereocenters. The Labute approximate surface area is 151 Å². The zero-order valence-corrected chi connectivity index (χ0v) is 14.6. The number of aryl methyl sites for hydroxylation is 2. The Hall–Kier alpha value is -3.47. The van der Waals surface area contributed by atoms with Gasteiger partial charge in [-0.05, 0) is 55.3 Å². The second kappa shape index (κ2) is 6.44. The number of H-pyrrole nitrogens is 1. The van der Waals surface area contributed by atoms with E-state index in [1.54, 1.807) is 6.20 Å². The number of nitrogens with one attached hydrogen (secondary N) is 2. The number of carbonyl (C=O) groups excluding carboxylic acids is 1. The van der Waals surface area contributed by atoms with Crippen LogP contribution in [0, 0.1) is 13.8 Å². The zero-order valence-electron chi connectivity index (χ0n) is 14.6. The molecule has 2 heterocycles. The summed E-state index contributed by atoms with van der Waals surface area (Å²) in [6, 6.07) is 17.5. The first kappa shape index (κ1) is 16.0. The van der Waals surface area contributed by atoms with Crippen molar-refractivity contribution in [1.82, 2.24) is 15.2 Å². The van der Waals surface area contributed by atoms with Crippen molar-refractivity contribution < 1.29 is 4.79 Å². The number of aromatic nitrogens is 3. The van der Waals surface area contributed by atoms with Crippen molar-refractivity contribution >= 4 is 22.5 Å². The van der Waals surface area contributed by atoms with Gasteiger partial charge in [-0.15, -0.1) is 0 Å². The highest BCUT2D eigenvalue weighted by atomic mass is 16.1. The molecule has 2 aromatic heterocycles. The summed E-state index contributed by atoms with van der Waals surface area (Å²) in [6.45, 7) is 3.88. The number of rotatable bonds is 3. The summed E-state index contributed by atoms with van der Waals surface area (Å²) < 4.78 is 0. The lowest BCUT2D eigenvalue weighted by molar-refractivity contribution is 0.102. The highest BCUT2D eigenvalue weighted by Crippen LogP contribution is 2.23. The number of anilines is 1. The molecule has 2 aromatic carbocycles. The molecule has 0 atom stereocenters. The number of fused-ring (bicyclic) bond motifs is 1. The predicted molar refractivity (Wildman–Crippen MR) is 103 cm³/mol. The molecule has 0 spiro atoms. The van der Waals surface area contributed by atoms with Gasteiger partial charge in [0.1, 0.15) is 5.69 Å². The third kappa shape index (κ3) is 3.07. The van der Waals surface area contributed by atoms with Gasteiger partial charge in [0.15, 0.2) is 0 Å². The van der Waals surface area contributed by atoms with Crippen LogP contribution in [0.15, 0.2) is 60.8 Å². The van der Waals surface area contributed by atoms with Crippen molar-refractivity contribution in [2.75, 3.05) is 5.32 Å². The van der Waals surface area contributed by atoms with Gasteiger partial charge in [0.25, 0.3) is 5.91 Å². The average Bonchev–Trinajstić information content (AvgIpc) is 3.09. The third-order valence-electron chi connectivity index (χ3n) is 4.32. The largest absolute Gasteiger partial charge is 0.321 e. The smallest absolute Gasteiger partial charge is 0.274 e. The van der Waals surface area contributed by atoms with E-state index in [1.807, 2.05) is 68.4 Å². The fourth-order valence-corrected chi connectivity index (χ4v) is 2.93. The summed E-state index contributed by atoms with van der Waals surface area (Å²) in [5, 5.41) is 10.9. The summed E-state index contributed by atoms with van der Waals surface area (Å²) >= 11 is 0. The third-order valence-corrected chi connectivity index (χ3v) is 4.32. The highest BCUT2D eigenvalue weighted by Gasteiger charge is 2.13. The number of benzene rings is 2. The Balaban J connectivity index is 1.68. The molecule has 0 aliphatic carbocycles. The van der Waals surface area contributed by atoms with Gasteiger partial charge in [-0.3, -0.25) is 9.89 Å². The minimum absolute atomic E-state index is 0.209. The van der Waals surface area contributed by atoms with E-state index in [2.05, 4.69) is 20.5 Å². The number of pyridine rings is 1. The topological polar surface area (TPSA) is 70.7 Å². The van der Waals surface area contributed by atoms with Crippen molar-refractivity contribution in [3.05, 3.63) is 77.6 Å². The number of nitrogens with zero attached hydrogens (tertiary/aromatic N) is 2. The van der Waals surface area contributed by atoms with Gasteiger partial charge in [0, 0.05) is 16.6 Å². The van der Waals surface area contributed by atoms with Crippen molar-refractivity contribution in [2.24, 2.45) is 0 Å². The van der Waals surface area contributed by atoms with Crippen molar-refractivity contribution in [1.29, 1.82) is 0 Å². The molecule has 0 bridgehead atoms. The van der Waals surface area contributed by atoms with E-state index in [0.29, 0.717) is 5.69 Å². The van der Waals surface area contributed by atoms with E-state index >= 15 is 0 Å². The molecule has 5 heteroatoms. The second-order valence-electron chi connectivity index (χ2n) is 6.36. The molecule has 4 rings (SSSR count). The number of amides is 1. The van der Waals surface area contributed by atoms with Crippen molar-refractivity contribution in [3.63, 3.8) is 0 Å². The monoisotopic (exact) mass is 342 g/mol. The van der Waals surface area contributed by atoms with Crippen LogP contribution < -0.4 is 5.32 Å². The van der Waals surface area contributed by atoms with Crippen LogP contribution in [0.2, 0.25) is 0 Å². The number of hydrogen-bond donors (Lipinski definition) is 2. The second-order valence-corrected chi connectivity index (χ2v) is 6.36. The molecule has 5 nitrogen and oxygen atoms in total. The molecule has 1 amide bonds. The van der Waals surface area contributed by atoms with Gasteiger partial charge in [-0.2, -0.15) is 5.10 Å². The Morgan fingerprint density at radius 2 is 1.92 bits per heavy atom. The number of aromatic amines is 1. The maximum Gasteiger partial charge on any atom is 0.274 e. The molecule has 0 aliphatic rings. The Kier molecular flexibility index (Phi) is 3.97. The molecular formula is C21H18N4O. The zero-order chi connectivity index (χ0) is 18.1. The minimum atomic E-state index is -0.209. The fourth-order valence-electron chi connectivity index (χ4n) is 2.93. The van der Waals surface area contributed by atoms with Crippen molar-refractivity contribution in [3.8, 4) is 11.3 Å². The quantitative estimate of drug-likeness (QED) is 0.576. The summed E-state index contributed by atoms with van der Waals surface area (Å²) in [5.41, 5.74) is 5.80. The number of hydrogen-bond acceptors (Lipinski definition) is 3. The molecule has 0 saturated heterocycles. The van der Waals surface area contributed by atoms with Gasteiger partial charge in [0.2, 0.25) is 0 Å². The summed E-state index contributed by atoms with van der Waals surface area (Å²) in [4.78, 5) is 17.3. The van der Waals surface area contributed by atoms with Crippen LogP contribution in [-0.4, -0.2) is 21.1 Å². The van der Waals surface area contributed by atoms with E-state index < -0.39 is 0 Å². The van der Waals surface area contributed by atoms with E-state index in [0.717, 1.165) is 39.0 Å². The SMILES string of the molecule is Cc1cccc(NC(=O)c2nc(-c3ccc4[nH]ncc4c3)ccc2C)c1. The van der Waals surface area contributed by atoms with Crippen LogP contribution in [0.5, 0.6) is 0 Å². The van der Waals surface area contributed by atoms with E-state index in [-0.39, 0.29) is 5.91 Å². The first-order chi connectivity index (χ1) is 12.6. The lowest BCUT2D eigenvalue weighted by atomic mass is 10.1. The average molecular weight is 342 g/mol. The van der Waals surface area contributed by atoms with E-state index in [9.17, 15) is 4.79 Å². The lowest BCUT2D eigenvalue weighted by Crippen LogP contribution is -2.15. The molecule has 26 heavy (non-hydrogen) atoms. The highest BCUT2D eigenvalue weighted by molar-refractivity contribution is 6.04. The first-order valence-electron chi connectivity index (χ1n) is 8.39. The summed E-state index contributed by atoms with van der Waals surface area (Å²) in [6.07, 6.45) is 1.78. The summed E-state index contributed by atoms with van der Waals surface area (Å²) in [5.74, 6) is -0.209. The lowest BCUT2D eigenvalue weighted by Gasteiger charge is -2.10. The molecule has 0 saturated carbocycles. The molecule has 2 N–H and O–H groups in total. The predicted octanol–water partition coefficient (Wildman–Crippen LogP) is 4.49. The summed E-state index contributed by atoms with van der Waals surface area (Å²) in [7, 11) is 0. The Bertz CT molecular complexity index is 1110.